The number of nitrogens with zero attached hydrogens (tertiary/aromatic N) is 2. The molecular formula is C20H13N3. The van der Waals surface area contributed by atoms with Crippen LogP contribution in [0.3, 0.4) is 0 Å². The highest BCUT2D eigenvalue weighted by atomic mass is 14.9. The van der Waals surface area contributed by atoms with Crippen molar-refractivity contribution in [1.29, 1.82) is 5.26 Å². The molecule has 0 bridgehead atoms. The second kappa shape index (κ2) is 5.43. The van der Waals surface area contributed by atoms with Gasteiger partial charge >= 0.3 is 0 Å². The highest BCUT2D eigenvalue weighted by molar-refractivity contribution is 5.92. The van der Waals surface area contributed by atoms with Crippen LogP contribution in [0.15, 0.2) is 66.7 Å². The Balaban J connectivity index is 1.81. The Hall–Kier alpha value is -3.38. The number of aromatic nitrogens is 2. The van der Waals surface area contributed by atoms with Crippen molar-refractivity contribution < 1.29 is 0 Å². The molecular weight excluding hydrogens is 282 g/mol. The van der Waals surface area contributed by atoms with E-state index in [2.05, 4.69) is 40.3 Å². The van der Waals surface area contributed by atoms with Crippen molar-refractivity contribution in [3.8, 4) is 6.07 Å². The topological polar surface area (TPSA) is 52.5 Å². The molecule has 0 aliphatic rings. The van der Waals surface area contributed by atoms with Gasteiger partial charge in [-0.2, -0.15) is 5.26 Å². The summed E-state index contributed by atoms with van der Waals surface area (Å²) < 4.78 is 0. The van der Waals surface area contributed by atoms with E-state index in [0.717, 1.165) is 22.0 Å². The Kier molecular flexibility index (Phi) is 3.14. The Morgan fingerprint density at radius 3 is 2.57 bits per heavy atom. The smallest absolute Gasteiger partial charge is 0.149 e. The van der Waals surface area contributed by atoms with Crippen LogP contribution in [0.2, 0.25) is 0 Å². The molecule has 4 rings (SSSR count). The third kappa shape index (κ3) is 2.47. The average Bonchev–Trinajstić information content (AvgIpc) is 3.03. The molecule has 1 heterocycles. The fourth-order valence-corrected chi connectivity index (χ4v) is 2.70. The summed E-state index contributed by atoms with van der Waals surface area (Å²) in [5.41, 5.74) is 3.31. The molecule has 3 heteroatoms. The summed E-state index contributed by atoms with van der Waals surface area (Å²) in [5.74, 6) is 0.599. The number of fused-ring (bicyclic) bond motifs is 2. The van der Waals surface area contributed by atoms with E-state index in [-0.39, 0.29) is 0 Å². The number of nitriles is 1. The molecule has 4 aromatic rings. The van der Waals surface area contributed by atoms with Crippen LogP contribution in [-0.2, 0) is 0 Å². The van der Waals surface area contributed by atoms with Crippen molar-refractivity contribution in [2.75, 3.05) is 0 Å². The van der Waals surface area contributed by atoms with Crippen LogP contribution < -0.4 is 0 Å². The highest BCUT2D eigenvalue weighted by Crippen LogP contribution is 2.21. The van der Waals surface area contributed by atoms with Gasteiger partial charge in [0, 0.05) is 0 Å². The van der Waals surface area contributed by atoms with E-state index in [1.807, 2.05) is 48.5 Å². The lowest BCUT2D eigenvalue weighted by Gasteiger charge is -2.00. The van der Waals surface area contributed by atoms with E-state index in [0.29, 0.717) is 11.4 Å². The monoisotopic (exact) mass is 295 g/mol. The van der Waals surface area contributed by atoms with Crippen molar-refractivity contribution in [3.05, 3.63) is 78.1 Å². The summed E-state index contributed by atoms with van der Waals surface area (Å²) in [5, 5.41) is 11.8. The zero-order valence-corrected chi connectivity index (χ0v) is 12.3. The number of nitrogens with one attached hydrogen (secondary N) is 1. The molecule has 108 valence electrons. The minimum atomic E-state index is 0.525. The van der Waals surface area contributed by atoms with Crippen molar-refractivity contribution in [2.45, 2.75) is 0 Å². The van der Waals surface area contributed by atoms with Gasteiger partial charge in [-0.05, 0) is 40.6 Å². The molecule has 1 N–H and O–H groups in total. The van der Waals surface area contributed by atoms with Crippen molar-refractivity contribution in [3.63, 3.8) is 0 Å². The Morgan fingerprint density at radius 2 is 1.74 bits per heavy atom. The molecule has 0 saturated carbocycles. The first-order chi connectivity index (χ1) is 11.3. The molecule has 0 unspecified atom stereocenters. The predicted octanol–water partition coefficient (Wildman–Crippen LogP) is 4.78. The number of aromatic amines is 1. The molecule has 0 radical (unpaired) electrons. The molecule has 1 aromatic heterocycles. The van der Waals surface area contributed by atoms with Crippen LogP contribution in [0.1, 0.15) is 11.4 Å². The molecule has 0 fully saturated rings. The first kappa shape index (κ1) is 13.3. The van der Waals surface area contributed by atoms with E-state index < -0.39 is 0 Å². The Morgan fingerprint density at radius 1 is 0.957 bits per heavy atom. The Labute approximate surface area is 133 Å². The number of H-pyrrole nitrogens is 1. The third-order valence-electron chi connectivity index (χ3n) is 3.85. The fourth-order valence-electron chi connectivity index (χ4n) is 2.70. The molecule has 0 amide bonds. The molecule has 0 aliphatic carbocycles. The maximum atomic E-state index is 9.50. The SMILES string of the molecule is N#C/C(=C\c1ccc2ccccc2c1)c1nc2ccccc2[nH]1. The van der Waals surface area contributed by atoms with Gasteiger partial charge in [-0.3, -0.25) is 0 Å². The maximum Gasteiger partial charge on any atom is 0.149 e. The van der Waals surface area contributed by atoms with Gasteiger partial charge in [0.1, 0.15) is 11.9 Å². The van der Waals surface area contributed by atoms with E-state index >= 15 is 0 Å². The van der Waals surface area contributed by atoms with Crippen molar-refractivity contribution in [2.24, 2.45) is 0 Å². The molecule has 0 aliphatic heterocycles. The molecule has 23 heavy (non-hydrogen) atoms. The number of rotatable bonds is 2. The zero-order valence-electron chi connectivity index (χ0n) is 12.3. The zero-order chi connectivity index (χ0) is 15.6. The van der Waals surface area contributed by atoms with E-state index in [1.54, 1.807) is 0 Å². The van der Waals surface area contributed by atoms with Crippen LogP contribution in [-0.4, -0.2) is 9.97 Å². The molecule has 0 atom stereocenters. The van der Waals surface area contributed by atoms with E-state index in [4.69, 9.17) is 0 Å². The first-order valence-corrected chi connectivity index (χ1v) is 7.39. The van der Waals surface area contributed by atoms with Crippen molar-refractivity contribution >= 4 is 33.5 Å². The average molecular weight is 295 g/mol. The van der Waals surface area contributed by atoms with Gasteiger partial charge in [-0.25, -0.2) is 4.98 Å². The number of allylic oxidation sites excluding steroid dienone is 1. The molecule has 0 saturated heterocycles. The number of para-hydroxylation sites is 2. The largest absolute Gasteiger partial charge is 0.337 e. The highest BCUT2D eigenvalue weighted by Gasteiger charge is 2.07. The minimum Gasteiger partial charge on any atom is -0.337 e. The van der Waals surface area contributed by atoms with Gasteiger partial charge in [0.15, 0.2) is 0 Å². The predicted molar refractivity (Wildman–Crippen MR) is 93.5 cm³/mol. The Bertz CT molecular complexity index is 1050. The second-order valence-corrected chi connectivity index (χ2v) is 5.38. The summed E-state index contributed by atoms with van der Waals surface area (Å²) >= 11 is 0. The van der Waals surface area contributed by atoms with Crippen LogP contribution in [0.5, 0.6) is 0 Å². The standard InChI is InChI=1S/C20H13N3/c21-13-17(20-22-18-7-3-4-8-19(18)23-20)12-14-9-10-15-5-1-2-6-16(15)11-14/h1-12H,(H,22,23)/b17-12+. The number of hydrogen-bond acceptors (Lipinski definition) is 2. The molecule has 3 aromatic carbocycles. The van der Waals surface area contributed by atoms with E-state index in [1.165, 1.54) is 5.39 Å². The lowest BCUT2D eigenvalue weighted by atomic mass is 10.1. The van der Waals surface area contributed by atoms with Gasteiger partial charge in [-0.1, -0.05) is 48.5 Å². The summed E-state index contributed by atoms with van der Waals surface area (Å²) in [6.45, 7) is 0. The second-order valence-electron chi connectivity index (χ2n) is 5.38. The lowest BCUT2D eigenvalue weighted by Crippen LogP contribution is -1.85. The quantitative estimate of drug-likeness (QED) is 0.541. The minimum absolute atomic E-state index is 0.525. The molecule has 3 nitrogen and oxygen atoms in total. The fraction of sp³-hybridized carbons (Fsp3) is 0. The van der Waals surface area contributed by atoms with Crippen LogP contribution in [0, 0.1) is 11.3 Å². The summed E-state index contributed by atoms with van der Waals surface area (Å²) in [7, 11) is 0. The first-order valence-electron chi connectivity index (χ1n) is 7.39. The normalized spacial score (nSPS) is 11.7. The third-order valence-corrected chi connectivity index (χ3v) is 3.85. The maximum absolute atomic E-state index is 9.50. The van der Waals surface area contributed by atoms with E-state index in [9.17, 15) is 5.26 Å². The molecule has 0 spiro atoms. The van der Waals surface area contributed by atoms with Gasteiger partial charge in [0.2, 0.25) is 0 Å². The van der Waals surface area contributed by atoms with Gasteiger partial charge < -0.3 is 4.98 Å². The van der Waals surface area contributed by atoms with Gasteiger partial charge in [0.25, 0.3) is 0 Å². The van der Waals surface area contributed by atoms with Gasteiger partial charge in [0.05, 0.1) is 16.6 Å². The van der Waals surface area contributed by atoms with Crippen LogP contribution in [0.25, 0.3) is 33.5 Å². The van der Waals surface area contributed by atoms with Crippen LogP contribution >= 0.6 is 0 Å². The summed E-state index contributed by atoms with van der Waals surface area (Å²) in [6.07, 6.45) is 1.87. The van der Waals surface area contributed by atoms with Crippen LogP contribution in [0.4, 0.5) is 0 Å². The number of hydrogen-bond donors (Lipinski definition) is 1. The summed E-state index contributed by atoms with van der Waals surface area (Å²) in [4.78, 5) is 7.70. The van der Waals surface area contributed by atoms with Crippen molar-refractivity contribution in [1.82, 2.24) is 9.97 Å². The number of benzene rings is 3. The lowest BCUT2D eigenvalue weighted by molar-refractivity contribution is 1.27. The number of imidazole rings is 1. The van der Waals surface area contributed by atoms with Gasteiger partial charge in [-0.15, -0.1) is 0 Å². The summed E-state index contributed by atoms with van der Waals surface area (Å²) in [6, 6.07) is 24.4.